The Labute approximate surface area is 118 Å². The van der Waals surface area contributed by atoms with Gasteiger partial charge in [-0.1, -0.05) is 0 Å². The van der Waals surface area contributed by atoms with Gasteiger partial charge in [-0.3, -0.25) is 14.5 Å². The van der Waals surface area contributed by atoms with Crippen LogP contribution in [0.15, 0.2) is 22.0 Å². The summed E-state index contributed by atoms with van der Waals surface area (Å²) in [6.07, 6.45) is 3.04. The van der Waals surface area contributed by atoms with Crippen LogP contribution in [0.3, 0.4) is 0 Å². The topological polar surface area (TPSA) is 121 Å². The molecular weight excluding hydrogens is 274 g/mol. The Morgan fingerprint density at radius 3 is 2.90 bits per heavy atom. The summed E-state index contributed by atoms with van der Waals surface area (Å²) in [6.45, 7) is 2.01. The first-order chi connectivity index (χ1) is 10.0. The maximum atomic E-state index is 11.6. The van der Waals surface area contributed by atoms with Crippen molar-refractivity contribution in [2.45, 2.75) is 13.5 Å². The molecule has 0 aliphatic carbocycles. The van der Waals surface area contributed by atoms with E-state index in [1.165, 1.54) is 6.20 Å². The fraction of sp³-hybridized carbons (Fsp3) is 0.250. The number of rotatable bonds is 3. The monoisotopic (exact) mass is 287 g/mol. The van der Waals surface area contributed by atoms with Gasteiger partial charge in [0.05, 0.1) is 17.1 Å². The minimum absolute atomic E-state index is 0.229. The van der Waals surface area contributed by atoms with Crippen LogP contribution in [0.2, 0.25) is 0 Å². The molecule has 108 valence electrons. The molecule has 0 bridgehead atoms. The molecule has 3 heterocycles. The number of hydrogen-bond acceptors (Lipinski definition) is 6. The van der Waals surface area contributed by atoms with Crippen molar-refractivity contribution >= 4 is 16.9 Å². The third-order valence-corrected chi connectivity index (χ3v) is 3.05. The normalized spacial score (nSPS) is 11.0. The molecule has 0 saturated heterocycles. The lowest BCUT2D eigenvalue weighted by molar-refractivity contribution is 0.783. The van der Waals surface area contributed by atoms with Crippen LogP contribution < -0.4 is 16.6 Å². The Balaban J connectivity index is 1.95. The molecule has 0 spiro atoms. The third kappa shape index (κ3) is 2.40. The molecule has 0 aliphatic rings. The largest absolute Gasteiger partial charge is 0.365 e. The number of aryl methyl sites for hydroxylation is 2. The van der Waals surface area contributed by atoms with Crippen LogP contribution >= 0.6 is 0 Å². The number of fused-ring (bicyclic) bond motifs is 1. The molecule has 3 aromatic rings. The van der Waals surface area contributed by atoms with Crippen molar-refractivity contribution < 1.29 is 0 Å². The van der Waals surface area contributed by atoms with Crippen LogP contribution in [0.4, 0.5) is 5.82 Å². The Morgan fingerprint density at radius 1 is 1.33 bits per heavy atom. The van der Waals surface area contributed by atoms with E-state index in [1.54, 1.807) is 24.9 Å². The number of nitrogens with zero attached hydrogens (tertiary/aromatic N) is 4. The summed E-state index contributed by atoms with van der Waals surface area (Å²) in [5.41, 5.74) is 0.152. The average molecular weight is 287 g/mol. The van der Waals surface area contributed by atoms with Crippen LogP contribution in [-0.2, 0) is 13.6 Å². The molecule has 9 nitrogen and oxygen atoms in total. The van der Waals surface area contributed by atoms with Gasteiger partial charge in [-0.05, 0) is 6.92 Å². The second-order valence-electron chi connectivity index (χ2n) is 4.58. The SMILES string of the molecule is Cc1nc(NCc2c[nH]c(=O)[nH]c2=O)c2cnn(C)c2n1. The lowest BCUT2D eigenvalue weighted by Crippen LogP contribution is -2.25. The van der Waals surface area contributed by atoms with Crippen molar-refractivity contribution in [3.8, 4) is 0 Å². The third-order valence-electron chi connectivity index (χ3n) is 3.05. The first-order valence-corrected chi connectivity index (χ1v) is 6.25. The zero-order valence-corrected chi connectivity index (χ0v) is 11.5. The van der Waals surface area contributed by atoms with Gasteiger partial charge in [0.25, 0.3) is 5.56 Å². The maximum absolute atomic E-state index is 11.6. The quantitative estimate of drug-likeness (QED) is 0.606. The van der Waals surface area contributed by atoms with E-state index in [-0.39, 0.29) is 6.54 Å². The summed E-state index contributed by atoms with van der Waals surface area (Å²) in [5, 5.41) is 7.98. The van der Waals surface area contributed by atoms with E-state index in [1.807, 2.05) is 0 Å². The lowest BCUT2D eigenvalue weighted by Gasteiger charge is -2.07. The highest BCUT2D eigenvalue weighted by molar-refractivity contribution is 5.86. The first kappa shape index (κ1) is 13.0. The van der Waals surface area contributed by atoms with E-state index in [4.69, 9.17) is 0 Å². The molecule has 21 heavy (non-hydrogen) atoms. The number of H-pyrrole nitrogens is 2. The van der Waals surface area contributed by atoms with Gasteiger partial charge in [0.15, 0.2) is 5.65 Å². The van der Waals surface area contributed by atoms with Crippen LogP contribution in [0.1, 0.15) is 11.4 Å². The summed E-state index contributed by atoms with van der Waals surface area (Å²) in [4.78, 5) is 35.8. The van der Waals surface area contributed by atoms with Crippen molar-refractivity contribution in [2.75, 3.05) is 5.32 Å². The van der Waals surface area contributed by atoms with E-state index in [9.17, 15) is 9.59 Å². The van der Waals surface area contributed by atoms with Gasteiger partial charge in [-0.25, -0.2) is 14.8 Å². The summed E-state index contributed by atoms with van der Waals surface area (Å²) in [7, 11) is 1.80. The Kier molecular flexibility index (Phi) is 3.01. The minimum atomic E-state index is -0.531. The molecule has 3 N–H and O–H groups in total. The van der Waals surface area contributed by atoms with Crippen LogP contribution in [-0.4, -0.2) is 29.7 Å². The van der Waals surface area contributed by atoms with Crippen molar-refractivity contribution in [1.29, 1.82) is 0 Å². The van der Waals surface area contributed by atoms with E-state index < -0.39 is 11.2 Å². The Morgan fingerprint density at radius 2 is 2.14 bits per heavy atom. The first-order valence-electron chi connectivity index (χ1n) is 6.25. The fourth-order valence-corrected chi connectivity index (χ4v) is 2.01. The maximum Gasteiger partial charge on any atom is 0.325 e. The summed E-state index contributed by atoms with van der Waals surface area (Å²) >= 11 is 0. The zero-order valence-electron chi connectivity index (χ0n) is 11.5. The molecule has 0 atom stereocenters. The Bertz CT molecular complexity index is 921. The summed E-state index contributed by atoms with van der Waals surface area (Å²) < 4.78 is 1.65. The van der Waals surface area contributed by atoms with Gasteiger partial charge in [0.2, 0.25) is 0 Å². The van der Waals surface area contributed by atoms with Gasteiger partial charge >= 0.3 is 5.69 Å². The second-order valence-corrected chi connectivity index (χ2v) is 4.58. The van der Waals surface area contributed by atoms with Crippen LogP contribution in [0, 0.1) is 6.92 Å². The van der Waals surface area contributed by atoms with Crippen molar-refractivity contribution in [1.82, 2.24) is 29.7 Å². The van der Waals surface area contributed by atoms with E-state index in [0.717, 1.165) is 5.39 Å². The molecule has 3 rings (SSSR count). The number of hydrogen-bond donors (Lipinski definition) is 3. The van der Waals surface area contributed by atoms with Crippen LogP contribution in [0.25, 0.3) is 11.0 Å². The smallest absolute Gasteiger partial charge is 0.325 e. The van der Waals surface area contributed by atoms with E-state index in [2.05, 4.69) is 30.4 Å². The molecule has 0 radical (unpaired) electrons. The summed E-state index contributed by atoms with van der Waals surface area (Å²) in [6, 6.07) is 0. The molecule has 3 aromatic heterocycles. The predicted molar refractivity (Wildman–Crippen MR) is 76.1 cm³/mol. The number of nitrogens with one attached hydrogen (secondary N) is 3. The highest BCUT2D eigenvalue weighted by Crippen LogP contribution is 2.19. The Hall–Kier alpha value is -2.97. The van der Waals surface area contributed by atoms with Gasteiger partial charge in [0, 0.05) is 19.8 Å². The lowest BCUT2D eigenvalue weighted by atomic mass is 10.3. The number of anilines is 1. The van der Waals surface area contributed by atoms with E-state index >= 15 is 0 Å². The average Bonchev–Trinajstić information content (AvgIpc) is 2.79. The number of aromatic nitrogens is 6. The predicted octanol–water partition coefficient (Wildman–Crippen LogP) is -0.340. The van der Waals surface area contributed by atoms with Crippen molar-refractivity contribution in [3.05, 3.63) is 44.6 Å². The second kappa shape index (κ2) is 4.85. The van der Waals surface area contributed by atoms with Crippen molar-refractivity contribution in [3.63, 3.8) is 0 Å². The highest BCUT2D eigenvalue weighted by atomic mass is 16.2. The molecule has 0 unspecified atom stereocenters. The number of aromatic amines is 2. The highest BCUT2D eigenvalue weighted by Gasteiger charge is 2.10. The van der Waals surface area contributed by atoms with Gasteiger partial charge in [0.1, 0.15) is 11.6 Å². The summed E-state index contributed by atoms with van der Waals surface area (Å²) in [5.74, 6) is 1.19. The molecule has 0 fully saturated rings. The fourth-order valence-electron chi connectivity index (χ4n) is 2.01. The van der Waals surface area contributed by atoms with Gasteiger partial charge < -0.3 is 10.3 Å². The van der Waals surface area contributed by atoms with Crippen molar-refractivity contribution in [2.24, 2.45) is 7.05 Å². The van der Waals surface area contributed by atoms with E-state index in [0.29, 0.717) is 22.9 Å². The van der Waals surface area contributed by atoms with Gasteiger partial charge in [-0.15, -0.1) is 0 Å². The molecule has 0 amide bonds. The minimum Gasteiger partial charge on any atom is -0.365 e. The van der Waals surface area contributed by atoms with Crippen LogP contribution in [0.5, 0.6) is 0 Å². The molecule has 0 saturated carbocycles. The molecule has 0 aromatic carbocycles. The molecule has 9 heteroatoms. The molecular formula is C12H13N7O2. The van der Waals surface area contributed by atoms with Gasteiger partial charge in [-0.2, -0.15) is 5.10 Å². The standard InChI is InChI=1S/C12H13N7O2/c1-6-16-9(8-5-15-19(2)10(8)17-6)13-3-7-4-14-12(21)18-11(7)20/h4-5H,3H2,1-2H3,(H,13,16,17)(H2,14,18,20,21). The molecule has 0 aliphatic heterocycles. The zero-order chi connectivity index (χ0) is 15.0.